The van der Waals surface area contributed by atoms with Gasteiger partial charge < -0.3 is 24.4 Å². The standard InChI is InChI=1S/C18H26N2O6/c1-5-16(21)19-13-6-7-15(24-2)14(12-13)20(10-8-17(22)25-3)11-9-18(23)26-4/h6-7,12H,5,8-11H2,1-4H3,(H,19,21). The van der Waals surface area contributed by atoms with Gasteiger partial charge in [-0.25, -0.2) is 0 Å². The fourth-order valence-corrected chi connectivity index (χ4v) is 2.27. The summed E-state index contributed by atoms with van der Waals surface area (Å²) >= 11 is 0. The Morgan fingerprint density at radius 1 is 1.00 bits per heavy atom. The van der Waals surface area contributed by atoms with Crippen LogP contribution in [0.2, 0.25) is 0 Å². The van der Waals surface area contributed by atoms with Gasteiger partial charge in [-0.15, -0.1) is 0 Å². The molecule has 144 valence electrons. The fraction of sp³-hybridized carbons (Fsp3) is 0.500. The van der Waals surface area contributed by atoms with Gasteiger partial charge in [0.15, 0.2) is 0 Å². The molecule has 8 nitrogen and oxygen atoms in total. The van der Waals surface area contributed by atoms with Crippen LogP contribution in [0.3, 0.4) is 0 Å². The predicted molar refractivity (Wildman–Crippen MR) is 97.4 cm³/mol. The molecule has 0 fully saturated rings. The van der Waals surface area contributed by atoms with E-state index in [1.54, 1.807) is 25.1 Å². The maximum absolute atomic E-state index is 11.6. The van der Waals surface area contributed by atoms with Crippen molar-refractivity contribution in [2.75, 3.05) is 44.6 Å². The molecule has 0 aromatic heterocycles. The van der Waals surface area contributed by atoms with E-state index in [9.17, 15) is 14.4 Å². The van der Waals surface area contributed by atoms with E-state index in [-0.39, 0.29) is 30.7 Å². The van der Waals surface area contributed by atoms with E-state index >= 15 is 0 Å². The van der Waals surface area contributed by atoms with Gasteiger partial charge in [-0.3, -0.25) is 14.4 Å². The minimum Gasteiger partial charge on any atom is -0.495 e. The summed E-state index contributed by atoms with van der Waals surface area (Å²) in [6, 6.07) is 5.21. The van der Waals surface area contributed by atoms with Crippen molar-refractivity contribution in [3.05, 3.63) is 18.2 Å². The summed E-state index contributed by atoms with van der Waals surface area (Å²) in [6.07, 6.45) is 0.647. The Hall–Kier alpha value is -2.77. The first kappa shape index (κ1) is 21.3. The highest BCUT2D eigenvalue weighted by atomic mass is 16.5. The molecule has 0 spiro atoms. The van der Waals surface area contributed by atoms with Crippen molar-refractivity contribution in [1.82, 2.24) is 0 Å². The maximum Gasteiger partial charge on any atom is 0.307 e. The third kappa shape index (κ3) is 6.62. The second-order valence-electron chi connectivity index (χ2n) is 5.43. The largest absolute Gasteiger partial charge is 0.495 e. The van der Waals surface area contributed by atoms with Gasteiger partial charge in [0.2, 0.25) is 5.91 Å². The molecule has 1 aromatic carbocycles. The minimum atomic E-state index is -0.359. The molecule has 0 bridgehead atoms. The third-order valence-corrected chi connectivity index (χ3v) is 3.75. The van der Waals surface area contributed by atoms with Crippen LogP contribution in [0.25, 0.3) is 0 Å². The van der Waals surface area contributed by atoms with Gasteiger partial charge in [0.1, 0.15) is 5.75 Å². The van der Waals surface area contributed by atoms with Crippen LogP contribution in [0.15, 0.2) is 18.2 Å². The number of carbonyl (C=O) groups is 3. The molecule has 1 amide bonds. The monoisotopic (exact) mass is 366 g/mol. The summed E-state index contributed by atoms with van der Waals surface area (Å²) in [5.74, 6) is -0.268. The van der Waals surface area contributed by atoms with Crippen LogP contribution in [-0.4, -0.2) is 52.3 Å². The lowest BCUT2D eigenvalue weighted by Gasteiger charge is -2.26. The zero-order valence-electron chi connectivity index (χ0n) is 15.7. The minimum absolute atomic E-state index is 0.114. The van der Waals surface area contributed by atoms with Gasteiger partial charge in [-0.1, -0.05) is 6.92 Å². The lowest BCUT2D eigenvalue weighted by Crippen LogP contribution is -2.29. The Kier molecular flexibility index (Phi) is 8.97. The summed E-state index contributed by atoms with van der Waals surface area (Å²) in [5.41, 5.74) is 1.27. The number of amides is 1. The SMILES string of the molecule is CCC(=O)Nc1ccc(OC)c(N(CCC(=O)OC)CCC(=O)OC)c1. The lowest BCUT2D eigenvalue weighted by molar-refractivity contribution is -0.140. The van der Waals surface area contributed by atoms with Crippen molar-refractivity contribution in [2.45, 2.75) is 26.2 Å². The van der Waals surface area contributed by atoms with Crippen LogP contribution >= 0.6 is 0 Å². The molecule has 1 N–H and O–H groups in total. The predicted octanol–water partition coefficient (Wildman–Crippen LogP) is 1.98. The molecule has 1 rings (SSSR count). The van der Waals surface area contributed by atoms with Crippen molar-refractivity contribution in [2.24, 2.45) is 0 Å². The molecule has 1 aromatic rings. The van der Waals surface area contributed by atoms with Crippen molar-refractivity contribution < 1.29 is 28.6 Å². The number of carbonyl (C=O) groups excluding carboxylic acids is 3. The Bertz CT molecular complexity index is 612. The topological polar surface area (TPSA) is 94.2 Å². The number of nitrogens with one attached hydrogen (secondary N) is 1. The molecule has 0 radical (unpaired) electrons. The molecule has 0 aliphatic carbocycles. The van der Waals surface area contributed by atoms with Gasteiger partial charge >= 0.3 is 11.9 Å². The highest BCUT2D eigenvalue weighted by Crippen LogP contribution is 2.32. The number of methoxy groups -OCH3 is 3. The molecule has 0 aliphatic heterocycles. The molecule has 0 atom stereocenters. The molecular weight excluding hydrogens is 340 g/mol. The summed E-state index contributed by atoms with van der Waals surface area (Å²) in [4.78, 5) is 36.5. The highest BCUT2D eigenvalue weighted by molar-refractivity contribution is 5.91. The normalized spacial score (nSPS) is 10.0. The molecule has 26 heavy (non-hydrogen) atoms. The van der Waals surface area contributed by atoms with E-state index in [1.807, 2.05) is 4.90 Å². The molecular formula is C18H26N2O6. The summed E-state index contributed by atoms with van der Waals surface area (Å²) in [7, 11) is 4.17. The first-order chi connectivity index (χ1) is 12.4. The first-order valence-corrected chi connectivity index (χ1v) is 8.31. The van der Waals surface area contributed by atoms with E-state index in [1.165, 1.54) is 21.3 Å². The number of nitrogens with zero attached hydrogens (tertiary/aromatic N) is 1. The molecule has 0 unspecified atom stereocenters. The van der Waals surface area contributed by atoms with Crippen LogP contribution in [0, 0.1) is 0 Å². The van der Waals surface area contributed by atoms with Crippen molar-refractivity contribution >= 4 is 29.2 Å². The van der Waals surface area contributed by atoms with Crippen molar-refractivity contribution in [1.29, 1.82) is 0 Å². The van der Waals surface area contributed by atoms with Crippen LogP contribution in [-0.2, 0) is 23.9 Å². The van der Waals surface area contributed by atoms with Gasteiger partial charge in [0.25, 0.3) is 0 Å². The Morgan fingerprint density at radius 2 is 1.58 bits per heavy atom. The quantitative estimate of drug-likeness (QED) is 0.633. The average molecular weight is 366 g/mol. The Labute approximate surface area is 153 Å². The van der Waals surface area contributed by atoms with Gasteiger partial charge in [-0.05, 0) is 18.2 Å². The molecule has 0 heterocycles. The van der Waals surface area contributed by atoms with Crippen LogP contribution < -0.4 is 15.0 Å². The smallest absolute Gasteiger partial charge is 0.307 e. The van der Waals surface area contributed by atoms with Gasteiger partial charge in [0.05, 0.1) is 39.9 Å². The Morgan fingerprint density at radius 3 is 2.04 bits per heavy atom. The van der Waals surface area contributed by atoms with Gasteiger partial charge in [-0.2, -0.15) is 0 Å². The second-order valence-corrected chi connectivity index (χ2v) is 5.43. The van der Waals surface area contributed by atoms with Gasteiger partial charge in [0, 0.05) is 25.2 Å². The third-order valence-electron chi connectivity index (χ3n) is 3.75. The fourth-order valence-electron chi connectivity index (χ4n) is 2.27. The first-order valence-electron chi connectivity index (χ1n) is 8.31. The summed E-state index contributed by atoms with van der Waals surface area (Å²) < 4.78 is 14.8. The second kappa shape index (κ2) is 11.0. The number of hydrogen-bond donors (Lipinski definition) is 1. The van der Waals surface area contributed by atoms with E-state index < -0.39 is 0 Å². The number of benzene rings is 1. The number of rotatable bonds is 10. The number of hydrogen-bond acceptors (Lipinski definition) is 7. The van der Waals surface area contributed by atoms with Crippen LogP contribution in [0.1, 0.15) is 26.2 Å². The molecule has 0 aliphatic rings. The molecule has 8 heteroatoms. The lowest BCUT2D eigenvalue weighted by atomic mass is 10.2. The van der Waals surface area contributed by atoms with Crippen molar-refractivity contribution in [3.8, 4) is 5.75 Å². The van der Waals surface area contributed by atoms with Crippen LogP contribution in [0.4, 0.5) is 11.4 Å². The summed E-state index contributed by atoms with van der Waals surface area (Å²) in [6.45, 7) is 2.41. The van der Waals surface area contributed by atoms with E-state index in [2.05, 4.69) is 14.8 Å². The average Bonchev–Trinajstić information content (AvgIpc) is 2.67. The maximum atomic E-state index is 11.6. The molecule has 0 saturated carbocycles. The number of anilines is 2. The van der Waals surface area contributed by atoms with Crippen LogP contribution in [0.5, 0.6) is 5.75 Å². The molecule has 0 saturated heterocycles. The highest BCUT2D eigenvalue weighted by Gasteiger charge is 2.17. The van der Waals surface area contributed by atoms with E-state index in [0.29, 0.717) is 36.6 Å². The van der Waals surface area contributed by atoms with E-state index in [4.69, 9.17) is 4.74 Å². The Balaban J connectivity index is 3.09. The van der Waals surface area contributed by atoms with E-state index in [0.717, 1.165) is 0 Å². The number of esters is 2. The zero-order valence-corrected chi connectivity index (χ0v) is 15.7. The zero-order chi connectivity index (χ0) is 19.5. The van der Waals surface area contributed by atoms with Crippen molar-refractivity contribution in [3.63, 3.8) is 0 Å². The number of ether oxygens (including phenoxy) is 3. The summed E-state index contributed by atoms with van der Waals surface area (Å²) in [5, 5.41) is 2.79.